The standard InChI is InChI=1S/C11H23NO/c1-9(2)7-10(3,4)12(13)11(5,6)8-9/h13H,7-8H2,1-6H3. The predicted molar refractivity (Wildman–Crippen MR) is 54.8 cm³/mol. The van der Waals surface area contributed by atoms with Crippen molar-refractivity contribution in [2.75, 3.05) is 0 Å². The maximum Gasteiger partial charge on any atom is 0.0415 e. The lowest BCUT2D eigenvalue weighted by Crippen LogP contribution is -2.60. The fraction of sp³-hybridized carbons (Fsp3) is 1.00. The van der Waals surface area contributed by atoms with Crippen molar-refractivity contribution in [3.8, 4) is 0 Å². The summed E-state index contributed by atoms with van der Waals surface area (Å²) in [5.41, 5.74) is 0.114. The summed E-state index contributed by atoms with van der Waals surface area (Å²) in [7, 11) is 0. The van der Waals surface area contributed by atoms with Gasteiger partial charge in [0.25, 0.3) is 0 Å². The van der Waals surface area contributed by atoms with Crippen LogP contribution in [-0.2, 0) is 0 Å². The van der Waals surface area contributed by atoms with Gasteiger partial charge >= 0.3 is 0 Å². The van der Waals surface area contributed by atoms with Crippen LogP contribution in [0, 0.1) is 5.41 Å². The van der Waals surface area contributed by atoms with Gasteiger partial charge in [0.05, 0.1) is 0 Å². The summed E-state index contributed by atoms with van der Waals surface area (Å²) >= 11 is 0. The summed E-state index contributed by atoms with van der Waals surface area (Å²) in [6, 6.07) is 0. The van der Waals surface area contributed by atoms with E-state index < -0.39 is 0 Å². The Balaban J connectivity index is 2.96. The van der Waals surface area contributed by atoms with Gasteiger partial charge in [0.1, 0.15) is 0 Å². The van der Waals surface area contributed by atoms with Gasteiger partial charge in [-0.25, -0.2) is 0 Å². The van der Waals surface area contributed by atoms with E-state index in [1.165, 1.54) is 5.06 Å². The van der Waals surface area contributed by atoms with Crippen LogP contribution in [0.1, 0.15) is 54.4 Å². The first kappa shape index (κ1) is 11.0. The van der Waals surface area contributed by atoms with Crippen molar-refractivity contribution < 1.29 is 5.21 Å². The molecule has 0 spiro atoms. The van der Waals surface area contributed by atoms with E-state index in [9.17, 15) is 5.21 Å². The summed E-state index contributed by atoms with van der Waals surface area (Å²) in [5, 5.41) is 11.6. The molecule has 0 aromatic rings. The van der Waals surface area contributed by atoms with Gasteiger partial charge in [-0.15, -0.1) is 0 Å². The fourth-order valence-electron chi connectivity index (χ4n) is 3.37. The van der Waals surface area contributed by atoms with E-state index in [0.717, 1.165) is 12.8 Å². The third-order valence-electron chi connectivity index (χ3n) is 2.97. The summed E-state index contributed by atoms with van der Waals surface area (Å²) in [4.78, 5) is 0. The van der Waals surface area contributed by atoms with E-state index >= 15 is 0 Å². The van der Waals surface area contributed by atoms with E-state index in [1.807, 2.05) is 0 Å². The van der Waals surface area contributed by atoms with Crippen LogP contribution in [-0.4, -0.2) is 21.3 Å². The summed E-state index contributed by atoms with van der Waals surface area (Å²) < 4.78 is 0. The molecule has 1 rings (SSSR count). The van der Waals surface area contributed by atoms with Gasteiger partial charge in [0.2, 0.25) is 0 Å². The molecule has 0 saturated carbocycles. The van der Waals surface area contributed by atoms with Gasteiger partial charge in [0.15, 0.2) is 0 Å². The summed E-state index contributed by atoms with van der Waals surface area (Å²) in [5.74, 6) is 0. The van der Waals surface area contributed by atoms with Crippen LogP contribution in [0.5, 0.6) is 0 Å². The molecule has 1 aliphatic heterocycles. The molecule has 1 saturated heterocycles. The normalized spacial score (nSPS) is 31.6. The molecule has 1 aliphatic rings. The second kappa shape index (κ2) is 2.71. The first-order valence-corrected chi connectivity index (χ1v) is 5.06. The van der Waals surface area contributed by atoms with E-state index in [1.54, 1.807) is 0 Å². The minimum Gasteiger partial charge on any atom is -0.313 e. The van der Waals surface area contributed by atoms with Crippen molar-refractivity contribution in [1.82, 2.24) is 5.06 Å². The molecule has 0 aromatic carbocycles. The highest BCUT2D eigenvalue weighted by atomic mass is 16.5. The van der Waals surface area contributed by atoms with Gasteiger partial charge in [-0.1, -0.05) is 13.8 Å². The number of hydrogen-bond acceptors (Lipinski definition) is 2. The quantitative estimate of drug-likeness (QED) is 0.627. The molecule has 0 bridgehead atoms. The van der Waals surface area contributed by atoms with Gasteiger partial charge < -0.3 is 5.21 Å². The molecule has 0 radical (unpaired) electrons. The topological polar surface area (TPSA) is 23.5 Å². The van der Waals surface area contributed by atoms with Crippen LogP contribution in [0.25, 0.3) is 0 Å². The van der Waals surface area contributed by atoms with Gasteiger partial charge in [-0.2, -0.15) is 5.06 Å². The van der Waals surface area contributed by atoms with Crippen LogP contribution in [0.2, 0.25) is 0 Å². The lowest BCUT2D eigenvalue weighted by molar-refractivity contribution is -0.260. The highest BCUT2D eigenvalue weighted by Gasteiger charge is 2.47. The molecular weight excluding hydrogens is 162 g/mol. The SMILES string of the molecule is CC1(C)CC(C)(C)N(O)C(C)(C)C1. The average molecular weight is 185 g/mol. The molecule has 1 fully saturated rings. The Morgan fingerprint density at radius 3 is 1.46 bits per heavy atom. The van der Waals surface area contributed by atoms with E-state index in [-0.39, 0.29) is 11.1 Å². The van der Waals surface area contributed by atoms with Crippen molar-refractivity contribution in [3.63, 3.8) is 0 Å². The van der Waals surface area contributed by atoms with Crippen LogP contribution >= 0.6 is 0 Å². The Kier molecular flexibility index (Phi) is 2.29. The molecule has 2 nitrogen and oxygen atoms in total. The Morgan fingerprint density at radius 1 is 0.846 bits per heavy atom. The van der Waals surface area contributed by atoms with Crippen molar-refractivity contribution in [3.05, 3.63) is 0 Å². The Hall–Kier alpha value is -0.0800. The molecule has 0 amide bonds. The number of nitrogens with zero attached hydrogens (tertiary/aromatic N) is 1. The van der Waals surface area contributed by atoms with Gasteiger partial charge in [-0.3, -0.25) is 0 Å². The molecule has 0 aromatic heterocycles. The first-order valence-electron chi connectivity index (χ1n) is 5.06. The van der Waals surface area contributed by atoms with Crippen molar-refractivity contribution >= 4 is 0 Å². The second-order valence-corrected chi connectivity index (χ2v) is 6.45. The number of rotatable bonds is 0. The van der Waals surface area contributed by atoms with Crippen LogP contribution < -0.4 is 0 Å². The largest absolute Gasteiger partial charge is 0.313 e. The maximum absolute atomic E-state index is 10.0. The summed E-state index contributed by atoms with van der Waals surface area (Å²) in [6.45, 7) is 13.0. The first-order chi connectivity index (χ1) is 5.57. The Bertz CT molecular complexity index is 186. The minimum atomic E-state index is -0.106. The van der Waals surface area contributed by atoms with E-state index in [4.69, 9.17) is 0 Å². The molecule has 2 heteroatoms. The fourth-order valence-corrected chi connectivity index (χ4v) is 3.37. The van der Waals surface area contributed by atoms with Crippen LogP contribution in [0.3, 0.4) is 0 Å². The molecule has 0 aliphatic carbocycles. The molecule has 0 atom stereocenters. The third-order valence-corrected chi connectivity index (χ3v) is 2.97. The number of hydrogen-bond donors (Lipinski definition) is 1. The molecule has 78 valence electrons. The lowest BCUT2D eigenvalue weighted by Gasteiger charge is -2.54. The molecule has 13 heavy (non-hydrogen) atoms. The molecule has 0 unspecified atom stereocenters. The maximum atomic E-state index is 10.0. The van der Waals surface area contributed by atoms with Crippen molar-refractivity contribution in [2.45, 2.75) is 65.5 Å². The Labute approximate surface area is 81.9 Å². The zero-order valence-corrected chi connectivity index (χ0v) is 9.81. The van der Waals surface area contributed by atoms with Gasteiger partial charge in [-0.05, 0) is 46.0 Å². The van der Waals surface area contributed by atoms with Crippen LogP contribution in [0.4, 0.5) is 0 Å². The lowest BCUT2D eigenvalue weighted by atomic mass is 9.67. The third kappa shape index (κ3) is 2.05. The second-order valence-electron chi connectivity index (χ2n) is 6.45. The monoisotopic (exact) mass is 185 g/mol. The van der Waals surface area contributed by atoms with Crippen molar-refractivity contribution in [1.29, 1.82) is 0 Å². The highest BCUT2D eigenvalue weighted by molar-refractivity contribution is 4.99. The molecular formula is C11H23NO. The average Bonchev–Trinajstić information content (AvgIpc) is 1.77. The summed E-state index contributed by atoms with van der Waals surface area (Å²) in [6.07, 6.45) is 2.08. The minimum absolute atomic E-state index is 0.106. The number of hydroxylamine groups is 2. The number of piperidine rings is 1. The highest BCUT2D eigenvalue weighted by Crippen LogP contribution is 2.46. The molecule has 1 heterocycles. The smallest absolute Gasteiger partial charge is 0.0415 e. The van der Waals surface area contributed by atoms with Crippen molar-refractivity contribution in [2.24, 2.45) is 5.41 Å². The van der Waals surface area contributed by atoms with E-state index in [0.29, 0.717) is 5.41 Å². The molecule has 1 N–H and O–H groups in total. The zero-order chi connectivity index (χ0) is 10.5. The van der Waals surface area contributed by atoms with Crippen LogP contribution in [0.15, 0.2) is 0 Å². The predicted octanol–water partition coefficient (Wildman–Crippen LogP) is 3.05. The van der Waals surface area contributed by atoms with E-state index in [2.05, 4.69) is 41.5 Å². The zero-order valence-electron chi connectivity index (χ0n) is 9.81. The van der Waals surface area contributed by atoms with Gasteiger partial charge in [0, 0.05) is 11.1 Å². The Morgan fingerprint density at radius 2 is 1.15 bits per heavy atom.